The number of furan rings is 1. The summed E-state index contributed by atoms with van der Waals surface area (Å²) in [6, 6.07) is 7.66. The molecule has 0 amide bonds. The summed E-state index contributed by atoms with van der Waals surface area (Å²) in [5.74, 6) is 1.33. The zero-order chi connectivity index (χ0) is 15.6. The molecule has 0 bridgehead atoms. The third kappa shape index (κ3) is 3.40. The number of aryl methyl sites for hydroxylation is 1. The molecule has 0 aliphatic carbocycles. The fraction of sp³-hybridized carbons (Fsp3) is 0.231. The highest BCUT2D eigenvalue weighted by molar-refractivity contribution is 7.90. The molecule has 2 rings (SSSR count). The molecule has 0 unspecified atom stereocenters. The first kappa shape index (κ1) is 15.0. The molecule has 1 heterocycles. The van der Waals surface area contributed by atoms with E-state index in [-0.39, 0.29) is 17.1 Å². The van der Waals surface area contributed by atoms with Crippen LogP contribution in [-0.2, 0) is 16.4 Å². The molecule has 8 heteroatoms. The van der Waals surface area contributed by atoms with Gasteiger partial charge in [-0.25, -0.2) is 8.42 Å². The van der Waals surface area contributed by atoms with Crippen molar-refractivity contribution < 1.29 is 17.8 Å². The molecule has 0 saturated carbocycles. The first-order valence-corrected chi connectivity index (χ1v) is 7.95. The van der Waals surface area contributed by atoms with Gasteiger partial charge in [0.25, 0.3) is 0 Å². The predicted octanol–water partition coefficient (Wildman–Crippen LogP) is 2.51. The summed E-state index contributed by atoms with van der Waals surface area (Å²) in [5, 5.41) is 14.0. The van der Waals surface area contributed by atoms with E-state index in [2.05, 4.69) is 5.32 Å². The second-order valence-electron chi connectivity index (χ2n) is 4.55. The van der Waals surface area contributed by atoms with Crippen molar-refractivity contribution in [3.63, 3.8) is 0 Å². The van der Waals surface area contributed by atoms with Gasteiger partial charge in [0, 0.05) is 6.26 Å². The number of para-hydroxylation sites is 1. The number of benzene rings is 1. The number of nitrogens with zero attached hydrogens (tertiary/aromatic N) is 1. The van der Waals surface area contributed by atoms with Crippen LogP contribution in [0.3, 0.4) is 0 Å². The molecule has 0 radical (unpaired) electrons. The van der Waals surface area contributed by atoms with E-state index in [1.165, 1.54) is 18.2 Å². The highest BCUT2D eigenvalue weighted by atomic mass is 32.2. The molecular weight excluding hydrogens is 296 g/mol. The van der Waals surface area contributed by atoms with E-state index >= 15 is 0 Å². The van der Waals surface area contributed by atoms with Crippen LogP contribution in [0.1, 0.15) is 11.5 Å². The number of nitrogens with one attached hydrogen (secondary N) is 1. The summed E-state index contributed by atoms with van der Waals surface area (Å²) in [7, 11) is -3.68. The van der Waals surface area contributed by atoms with Crippen LogP contribution in [-0.4, -0.2) is 19.6 Å². The van der Waals surface area contributed by atoms with Gasteiger partial charge in [-0.2, -0.15) is 0 Å². The molecular formula is C13H14N2O5S. The normalized spacial score (nSPS) is 11.3. The lowest BCUT2D eigenvalue weighted by Gasteiger charge is -2.08. The lowest BCUT2D eigenvalue weighted by molar-refractivity contribution is -0.386. The van der Waals surface area contributed by atoms with Crippen LogP contribution in [0.15, 0.2) is 39.6 Å². The fourth-order valence-corrected chi connectivity index (χ4v) is 2.78. The van der Waals surface area contributed by atoms with Crippen molar-refractivity contribution in [3.8, 4) is 0 Å². The molecule has 0 atom stereocenters. The average molecular weight is 310 g/mol. The first-order chi connectivity index (χ1) is 9.79. The van der Waals surface area contributed by atoms with Crippen molar-refractivity contribution in [2.24, 2.45) is 0 Å². The highest BCUT2D eigenvalue weighted by Gasteiger charge is 2.25. The molecule has 0 saturated heterocycles. The van der Waals surface area contributed by atoms with Gasteiger partial charge in [-0.3, -0.25) is 10.1 Å². The van der Waals surface area contributed by atoms with Crippen molar-refractivity contribution >= 4 is 21.2 Å². The van der Waals surface area contributed by atoms with Crippen molar-refractivity contribution in [1.29, 1.82) is 0 Å². The third-order valence-corrected chi connectivity index (χ3v) is 3.96. The van der Waals surface area contributed by atoms with E-state index in [1.807, 2.05) is 0 Å². The van der Waals surface area contributed by atoms with Crippen LogP contribution in [0.5, 0.6) is 0 Å². The summed E-state index contributed by atoms with van der Waals surface area (Å²) < 4.78 is 28.6. The molecule has 21 heavy (non-hydrogen) atoms. The molecule has 0 spiro atoms. The second-order valence-corrected chi connectivity index (χ2v) is 6.53. The molecule has 0 aliphatic rings. The third-order valence-electron chi connectivity index (χ3n) is 2.83. The van der Waals surface area contributed by atoms with E-state index in [4.69, 9.17) is 4.42 Å². The molecule has 1 aromatic heterocycles. The summed E-state index contributed by atoms with van der Waals surface area (Å²) in [5.41, 5.74) is -0.319. The van der Waals surface area contributed by atoms with Gasteiger partial charge < -0.3 is 9.73 Å². The Hall–Kier alpha value is -2.35. The average Bonchev–Trinajstić information content (AvgIpc) is 2.80. The van der Waals surface area contributed by atoms with E-state index in [0.717, 1.165) is 12.0 Å². The summed E-state index contributed by atoms with van der Waals surface area (Å²) >= 11 is 0. The van der Waals surface area contributed by atoms with Gasteiger partial charge in [0.15, 0.2) is 9.84 Å². The van der Waals surface area contributed by atoms with Crippen LogP contribution in [0.25, 0.3) is 0 Å². The number of nitro groups is 1. The molecule has 112 valence electrons. The number of hydrogen-bond acceptors (Lipinski definition) is 6. The second kappa shape index (κ2) is 5.57. The predicted molar refractivity (Wildman–Crippen MR) is 77.0 cm³/mol. The number of sulfone groups is 1. The standard InChI is InChI=1S/C13H14N2O5S/c1-9-6-7-10(20-9)8-14-11-4-3-5-12(21(2,18)19)13(11)15(16)17/h3-7,14H,8H2,1-2H3. The molecule has 7 nitrogen and oxygen atoms in total. The number of anilines is 1. The van der Waals surface area contributed by atoms with Gasteiger partial charge in [-0.05, 0) is 31.2 Å². The van der Waals surface area contributed by atoms with Crippen LogP contribution in [0.4, 0.5) is 11.4 Å². The lowest BCUT2D eigenvalue weighted by atomic mass is 10.2. The number of hydrogen-bond donors (Lipinski definition) is 1. The van der Waals surface area contributed by atoms with Crippen LogP contribution in [0.2, 0.25) is 0 Å². The summed E-state index contributed by atoms with van der Waals surface area (Å²) in [4.78, 5) is 10.2. The van der Waals surface area contributed by atoms with Crippen LogP contribution >= 0.6 is 0 Å². The van der Waals surface area contributed by atoms with Crippen molar-refractivity contribution in [1.82, 2.24) is 0 Å². The first-order valence-electron chi connectivity index (χ1n) is 6.05. The van der Waals surface area contributed by atoms with E-state index < -0.39 is 20.4 Å². The van der Waals surface area contributed by atoms with Gasteiger partial charge in [0.05, 0.1) is 11.5 Å². The van der Waals surface area contributed by atoms with Crippen molar-refractivity contribution in [2.75, 3.05) is 11.6 Å². The van der Waals surface area contributed by atoms with Crippen molar-refractivity contribution in [3.05, 3.63) is 52.0 Å². The minimum absolute atomic E-state index is 0.136. The van der Waals surface area contributed by atoms with E-state index in [1.54, 1.807) is 19.1 Å². The zero-order valence-electron chi connectivity index (χ0n) is 11.5. The van der Waals surface area contributed by atoms with Crippen LogP contribution < -0.4 is 5.32 Å². The minimum atomic E-state index is -3.68. The fourth-order valence-electron chi connectivity index (χ4n) is 1.91. The van der Waals surface area contributed by atoms with Gasteiger partial charge in [0.1, 0.15) is 22.1 Å². The Labute approximate surface area is 121 Å². The van der Waals surface area contributed by atoms with Gasteiger partial charge in [0.2, 0.25) is 0 Å². The molecule has 0 fully saturated rings. The summed E-state index contributed by atoms with van der Waals surface area (Å²) in [6.45, 7) is 2.01. The number of nitro benzene ring substituents is 1. The largest absolute Gasteiger partial charge is 0.465 e. The molecule has 1 aromatic carbocycles. The zero-order valence-corrected chi connectivity index (χ0v) is 12.3. The minimum Gasteiger partial charge on any atom is -0.465 e. The SMILES string of the molecule is Cc1ccc(CNc2cccc(S(C)(=O)=O)c2[N+](=O)[O-])o1. The maximum atomic E-state index is 11.6. The van der Waals surface area contributed by atoms with E-state index in [9.17, 15) is 18.5 Å². The maximum absolute atomic E-state index is 11.6. The molecule has 2 aromatic rings. The Bertz CT molecular complexity index is 780. The summed E-state index contributed by atoms with van der Waals surface area (Å²) in [6.07, 6.45) is 0.939. The van der Waals surface area contributed by atoms with Crippen LogP contribution in [0, 0.1) is 17.0 Å². The Kier molecular flexibility index (Phi) is 3.99. The Balaban J connectivity index is 2.37. The van der Waals surface area contributed by atoms with Gasteiger partial charge >= 0.3 is 5.69 Å². The monoisotopic (exact) mass is 310 g/mol. The Morgan fingerprint density at radius 2 is 2.00 bits per heavy atom. The maximum Gasteiger partial charge on any atom is 0.310 e. The number of rotatable bonds is 5. The van der Waals surface area contributed by atoms with E-state index in [0.29, 0.717) is 5.76 Å². The van der Waals surface area contributed by atoms with Crippen molar-refractivity contribution in [2.45, 2.75) is 18.4 Å². The Morgan fingerprint density at radius 3 is 2.52 bits per heavy atom. The molecule has 1 N–H and O–H groups in total. The van der Waals surface area contributed by atoms with Gasteiger partial charge in [-0.1, -0.05) is 6.07 Å². The topological polar surface area (TPSA) is 102 Å². The quantitative estimate of drug-likeness (QED) is 0.672. The Morgan fingerprint density at radius 1 is 1.29 bits per heavy atom. The highest BCUT2D eigenvalue weighted by Crippen LogP contribution is 2.32. The van der Waals surface area contributed by atoms with Gasteiger partial charge in [-0.15, -0.1) is 0 Å². The smallest absolute Gasteiger partial charge is 0.310 e. The lowest BCUT2D eigenvalue weighted by Crippen LogP contribution is -2.07. The molecule has 0 aliphatic heterocycles.